The molecule has 1 atom stereocenters. The summed E-state index contributed by atoms with van der Waals surface area (Å²) < 4.78 is 282. The molecule has 2 rings (SSSR count). The number of hydrogen-bond acceptors (Lipinski definition) is 15. The van der Waals surface area contributed by atoms with Crippen LogP contribution in [0.15, 0.2) is 30.3 Å². The minimum Gasteiger partial charge on any atom is -0.426 e. The Morgan fingerprint density at radius 2 is 1.14 bits per heavy atom. The van der Waals surface area contributed by atoms with Gasteiger partial charge in [-0.05, 0) is 12.1 Å². The second-order valence-corrected chi connectivity index (χ2v) is 16.4. The van der Waals surface area contributed by atoms with Crippen molar-refractivity contribution in [1.82, 2.24) is 0 Å². The van der Waals surface area contributed by atoms with E-state index in [1.54, 1.807) is 0 Å². The lowest BCUT2D eigenvalue weighted by Crippen LogP contribution is -2.61. The maximum atomic E-state index is 14.4. The topological polar surface area (TPSA) is 253 Å². The van der Waals surface area contributed by atoms with Gasteiger partial charge < -0.3 is 22.9 Å². The van der Waals surface area contributed by atoms with Crippen molar-refractivity contribution in [1.29, 1.82) is 0 Å². The molecule has 0 saturated carbocycles. The lowest BCUT2D eigenvalue weighted by molar-refractivity contribution is -0.313. The molecule has 0 radical (unpaired) electrons. The molecule has 332 valence electrons. The Morgan fingerprint density at radius 3 is 1.59 bits per heavy atom. The van der Waals surface area contributed by atoms with Gasteiger partial charge in [0.1, 0.15) is 24.7 Å². The zero-order valence-corrected chi connectivity index (χ0v) is 31.2. The average molecular weight is 951 g/mol. The van der Waals surface area contributed by atoms with Crippen LogP contribution >= 0.6 is 0 Å². The number of halogens is 12. The first kappa shape index (κ1) is 50.6. The number of carbonyl (C=O) groups excluding carboxylic acids is 1. The molecular weight excluding hydrogens is 929 g/mol. The van der Waals surface area contributed by atoms with Crippen LogP contribution in [0.4, 0.5) is 52.7 Å². The van der Waals surface area contributed by atoms with Crippen molar-refractivity contribution in [3.05, 3.63) is 52.6 Å². The maximum absolute atomic E-state index is 14.4. The van der Waals surface area contributed by atoms with Crippen LogP contribution in [0.25, 0.3) is 0 Å². The van der Waals surface area contributed by atoms with Crippen LogP contribution in [0.5, 0.6) is 17.2 Å². The van der Waals surface area contributed by atoms with E-state index < -0.39 is 146 Å². The monoisotopic (exact) mass is 950 g/mol. The zero-order valence-electron chi connectivity index (χ0n) is 27.9. The molecule has 1 unspecified atom stereocenters. The van der Waals surface area contributed by atoms with Gasteiger partial charge in [-0.15, -0.1) is 0 Å². The Bertz CT molecular complexity index is 2220. The fraction of sp³-hybridized carbons (Fsp3) is 0.480. The predicted octanol–water partition coefficient (Wildman–Crippen LogP) is 4.07. The molecule has 0 aliphatic carbocycles. The summed E-state index contributed by atoms with van der Waals surface area (Å²) in [7, 11) is -21.2. The van der Waals surface area contributed by atoms with E-state index in [-0.39, 0.29) is 0 Å². The van der Waals surface area contributed by atoms with Gasteiger partial charge in [-0.3, -0.25) is 13.9 Å². The van der Waals surface area contributed by atoms with E-state index in [1.807, 2.05) is 0 Å². The smallest absolute Gasteiger partial charge is 0.426 e. The molecule has 0 saturated heterocycles. The van der Waals surface area contributed by atoms with E-state index in [1.165, 1.54) is 0 Å². The third-order valence-corrected chi connectivity index (χ3v) is 10.7. The van der Waals surface area contributed by atoms with Crippen molar-refractivity contribution >= 4 is 47.4 Å². The van der Waals surface area contributed by atoms with Gasteiger partial charge in [-0.1, -0.05) is 18.2 Å². The number of ether oxygens (including phenoxy) is 2. The number of aliphatic hydroxyl groups excluding tert-OH is 1. The van der Waals surface area contributed by atoms with E-state index >= 15 is 0 Å². The largest absolute Gasteiger partial charge is 0.450 e. The molecule has 0 aliphatic heterocycles. The SMILES string of the molecule is COCc1cc(OS(=O)C(F)(F)C(F)(F)C(F)(F)S(=O)(=O)O)cc(COOCc2cccc(CO)c2OS(=O)(=O)C(F)(F)C(F)(F)C(F)(F)S(=O)(=O)O)c1OC(C)=O. The molecule has 17 nitrogen and oxygen atoms in total. The van der Waals surface area contributed by atoms with Crippen LogP contribution in [0.1, 0.15) is 29.2 Å². The van der Waals surface area contributed by atoms with Gasteiger partial charge in [0.2, 0.25) is 0 Å². The van der Waals surface area contributed by atoms with Gasteiger partial charge in [-0.25, -0.2) is 14.0 Å². The van der Waals surface area contributed by atoms with Gasteiger partial charge in [0.15, 0.2) is 5.75 Å². The Kier molecular flexibility index (Phi) is 15.0. The number of benzene rings is 2. The summed E-state index contributed by atoms with van der Waals surface area (Å²) in [5.41, 5.74) is -2.98. The fourth-order valence-electron chi connectivity index (χ4n) is 3.84. The predicted molar refractivity (Wildman–Crippen MR) is 162 cm³/mol. The highest BCUT2D eigenvalue weighted by Gasteiger charge is 2.83. The van der Waals surface area contributed by atoms with Crippen molar-refractivity contribution < 1.29 is 129 Å². The quantitative estimate of drug-likeness (QED) is 0.0233. The summed E-state index contributed by atoms with van der Waals surface area (Å²) in [5.74, 6) is -19.2. The number of alkyl halides is 12. The lowest BCUT2D eigenvalue weighted by Gasteiger charge is -2.30. The number of esters is 1. The van der Waals surface area contributed by atoms with E-state index in [2.05, 4.69) is 8.37 Å². The number of methoxy groups -OCH3 is 1. The minimum absolute atomic E-state index is 0.367. The highest BCUT2D eigenvalue weighted by Crippen LogP contribution is 2.52. The maximum Gasteiger partial charge on any atom is 0.450 e. The van der Waals surface area contributed by atoms with Crippen molar-refractivity contribution in [3.8, 4) is 17.2 Å². The van der Waals surface area contributed by atoms with Crippen molar-refractivity contribution in [3.63, 3.8) is 0 Å². The van der Waals surface area contributed by atoms with Crippen molar-refractivity contribution in [2.24, 2.45) is 0 Å². The normalized spacial score (nSPS) is 14.6. The second-order valence-electron chi connectivity index (χ2n) is 10.7. The van der Waals surface area contributed by atoms with Crippen LogP contribution in [0.2, 0.25) is 0 Å². The van der Waals surface area contributed by atoms with Crippen LogP contribution in [0, 0.1) is 0 Å². The summed E-state index contributed by atoms with van der Waals surface area (Å²) >= 11 is -4.97. The van der Waals surface area contributed by atoms with Gasteiger partial charge >= 0.3 is 69.2 Å². The van der Waals surface area contributed by atoms with Gasteiger partial charge in [0.25, 0.3) is 11.1 Å². The van der Waals surface area contributed by atoms with Gasteiger partial charge in [-0.2, -0.15) is 77.9 Å². The molecule has 2 aromatic rings. The summed E-state index contributed by atoms with van der Waals surface area (Å²) in [6, 6.07) is 3.08. The van der Waals surface area contributed by atoms with Crippen LogP contribution in [-0.4, -0.2) is 89.6 Å². The zero-order chi connectivity index (χ0) is 45.3. The van der Waals surface area contributed by atoms with Gasteiger partial charge in [0.05, 0.1) is 13.2 Å². The van der Waals surface area contributed by atoms with E-state index in [4.69, 9.17) is 28.4 Å². The van der Waals surface area contributed by atoms with E-state index in [0.717, 1.165) is 20.1 Å². The molecular formula is C25H22F12O17S4. The molecule has 0 aliphatic rings. The molecule has 0 spiro atoms. The molecule has 2 aromatic carbocycles. The molecule has 33 heteroatoms. The summed E-state index contributed by atoms with van der Waals surface area (Å²) in [6.45, 7) is -3.87. The number of aliphatic hydroxyl groups is 1. The van der Waals surface area contributed by atoms with Crippen molar-refractivity contribution in [2.45, 2.75) is 66.2 Å². The van der Waals surface area contributed by atoms with Crippen LogP contribution in [0.3, 0.4) is 0 Å². The molecule has 58 heavy (non-hydrogen) atoms. The molecule has 0 bridgehead atoms. The number of hydrogen-bond donors (Lipinski definition) is 3. The third kappa shape index (κ3) is 9.56. The first-order valence-electron chi connectivity index (χ1n) is 14.0. The Balaban J connectivity index is 2.52. The van der Waals surface area contributed by atoms with E-state index in [0.29, 0.717) is 24.3 Å². The minimum atomic E-state index is -7.45. The highest BCUT2D eigenvalue weighted by molar-refractivity contribution is 7.89. The highest BCUT2D eigenvalue weighted by atomic mass is 32.2. The van der Waals surface area contributed by atoms with Gasteiger partial charge in [0, 0.05) is 36.3 Å². The number of rotatable bonds is 21. The first-order valence-corrected chi connectivity index (χ1v) is 19.4. The Morgan fingerprint density at radius 1 is 0.690 bits per heavy atom. The average Bonchev–Trinajstić information content (AvgIpc) is 3.06. The molecule has 3 N–H and O–H groups in total. The lowest BCUT2D eigenvalue weighted by atomic mass is 10.1. The van der Waals surface area contributed by atoms with Crippen LogP contribution in [-0.2, 0) is 87.2 Å². The third-order valence-electron chi connectivity index (χ3n) is 6.62. The first-order chi connectivity index (χ1) is 26.0. The molecule has 0 aromatic heterocycles. The van der Waals surface area contributed by atoms with Crippen molar-refractivity contribution in [2.75, 3.05) is 7.11 Å². The standard InChI is InChI=1S/C25H22F12O17S4/c1-12(39)52-18-15(9-49-2)6-17(53-55(40)22(30,31)20(26,27)23(32,33)56(41,42)43)7-16(18)11-51-50-10-14-5-3-4-13(8-38)19(14)54-58(47,48)25(36,37)21(28,29)24(34,35)57(44,45)46/h3-7,38H,8-11H2,1-2H3,(H,41,42,43)(H,44,45,46). The van der Waals surface area contributed by atoms with Crippen LogP contribution < -0.4 is 13.1 Å². The van der Waals surface area contributed by atoms with E-state index in [9.17, 15) is 92.0 Å². The Labute approximate surface area is 318 Å². The molecule has 0 heterocycles. The summed E-state index contributed by atoms with van der Waals surface area (Å²) in [5, 5.41) is -18.4. The Hall–Kier alpha value is -3.57. The summed E-state index contributed by atoms with van der Waals surface area (Å²) in [6.07, 6.45) is 0. The molecule has 0 fully saturated rings. The number of carbonyl (C=O) groups is 1. The fourth-order valence-corrected chi connectivity index (χ4v) is 6.56. The second kappa shape index (κ2) is 17.2. The number of para-hydroxylation sites is 1. The summed E-state index contributed by atoms with van der Waals surface area (Å²) in [4.78, 5) is 21.2. The molecule has 0 amide bonds.